The Kier molecular flexibility index (Phi) is 4.42. The molecule has 0 spiro atoms. The molecule has 3 unspecified atom stereocenters. The second-order valence-electron chi connectivity index (χ2n) is 4.94. The molecule has 88 valence electrons. The van der Waals surface area contributed by atoms with Crippen molar-refractivity contribution in [1.82, 2.24) is 5.32 Å². The van der Waals surface area contributed by atoms with Crippen LogP contribution in [0.25, 0.3) is 0 Å². The average molecular weight is 213 g/mol. The molecule has 3 heteroatoms. The van der Waals surface area contributed by atoms with Gasteiger partial charge in [-0.1, -0.05) is 19.3 Å². The molecule has 3 atom stereocenters. The molecule has 2 aliphatic rings. The van der Waals surface area contributed by atoms with Gasteiger partial charge in [0.25, 0.3) is 0 Å². The van der Waals surface area contributed by atoms with Crippen LogP contribution in [-0.2, 0) is 4.74 Å². The zero-order valence-corrected chi connectivity index (χ0v) is 9.45. The third kappa shape index (κ3) is 3.44. The standard InChI is InChI=1S/C12H23NO2/c14-11-4-2-1-3-5-12(11)15-9-10-6-7-13-8-10/h10-14H,1-9H2. The van der Waals surface area contributed by atoms with E-state index in [9.17, 15) is 5.11 Å². The third-order valence-corrected chi connectivity index (χ3v) is 3.63. The van der Waals surface area contributed by atoms with Crippen molar-refractivity contribution in [1.29, 1.82) is 0 Å². The van der Waals surface area contributed by atoms with E-state index < -0.39 is 0 Å². The first kappa shape index (κ1) is 11.4. The first-order valence-electron chi connectivity index (χ1n) is 6.36. The van der Waals surface area contributed by atoms with Gasteiger partial charge in [0.2, 0.25) is 0 Å². The van der Waals surface area contributed by atoms with Crippen LogP contribution < -0.4 is 5.32 Å². The van der Waals surface area contributed by atoms with Gasteiger partial charge in [0.15, 0.2) is 0 Å². The molecule has 1 aliphatic heterocycles. The molecule has 2 rings (SSSR count). The Morgan fingerprint density at radius 3 is 2.80 bits per heavy atom. The van der Waals surface area contributed by atoms with Crippen LogP contribution in [0.1, 0.15) is 38.5 Å². The van der Waals surface area contributed by atoms with E-state index in [1.807, 2.05) is 0 Å². The van der Waals surface area contributed by atoms with Crippen molar-refractivity contribution in [3.8, 4) is 0 Å². The fraction of sp³-hybridized carbons (Fsp3) is 1.00. The van der Waals surface area contributed by atoms with E-state index in [1.165, 1.54) is 19.3 Å². The van der Waals surface area contributed by atoms with Crippen molar-refractivity contribution in [3.05, 3.63) is 0 Å². The maximum Gasteiger partial charge on any atom is 0.0834 e. The van der Waals surface area contributed by atoms with Crippen LogP contribution in [0.4, 0.5) is 0 Å². The minimum absolute atomic E-state index is 0.105. The first-order valence-corrected chi connectivity index (χ1v) is 6.36. The van der Waals surface area contributed by atoms with Crippen LogP contribution in [0.5, 0.6) is 0 Å². The van der Waals surface area contributed by atoms with Crippen LogP contribution in [0.15, 0.2) is 0 Å². The number of rotatable bonds is 3. The Morgan fingerprint density at radius 1 is 1.13 bits per heavy atom. The third-order valence-electron chi connectivity index (χ3n) is 3.63. The summed E-state index contributed by atoms with van der Waals surface area (Å²) in [6.45, 7) is 3.04. The summed E-state index contributed by atoms with van der Waals surface area (Å²) < 4.78 is 5.87. The fourth-order valence-corrected chi connectivity index (χ4v) is 2.56. The summed E-state index contributed by atoms with van der Waals surface area (Å²) in [6, 6.07) is 0. The van der Waals surface area contributed by atoms with E-state index in [1.54, 1.807) is 0 Å². The number of ether oxygens (including phenoxy) is 1. The number of hydrogen-bond acceptors (Lipinski definition) is 3. The van der Waals surface area contributed by atoms with Gasteiger partial charge in [-0.3, -0.25) is 0 Å². The predicted octanol–water partition coefficient (Wildman–Crippen LogP) is 1.31. The highest BCUT2D eigenvalue weighted by Crippen LogP contribution is 2.21. The summed E-state index contributed by atoms with van der Waals surface area (Å²) in [5.74, 6) is 0.667. The lowest BCUT2D eigenvalue weighted by molar-refractivity contribution is -0.0501. The van der Waals surface area contributed by atoms with Crippen LogP contribution in [0.3, 0.4) is 0 Å². The Morgan fingerprint density at radius 2 is 2.00 bits per heavy atom. The molecule has 3 nitrogen and oxygen atoms in total. The second-order valence-corrected chi connectivity index (χ2v) is 4.94. The molecule has 0 aromatic rings. The maximum atomic E-state index is 9.88. The predicted molar refractivity (Wildman–Crippen MR) is 59.8 cm³/mol. The summed E-state index contributed by atoms with van der Waals surface area (Å²) in [6.07, 6.45) is 6.70. The molecule has 1 saturated carbocycles. The Hall–Kier alpha value is -0.120. The van der Waals surface area contributed by atoms with Gasteiger partial charge in [0.05, 0.1) is 18.8 Å². The van der Waals surface area contributed by atoms with Crippen molar-refractivity contribution >= 4 is 0 Å². The van der Waals surface area contributed by atoms with Gasteiger partial charge in [0, 0.05) is 6.54 Å². The first-order chi connectivity index (χ1) is 7.36. The molecule has 0 aromatic heterocycles. The van der Waals surface area contributed by atoms with E-state index in [2.05, 4.69) is 5.32 Å². The Balaban J connectivity index is 1.71. The van der Waals surface area contributed by atoms with Gasteiger partial charge in [-0.25, -0.2) is 0 Å². The zero-order valence-electron chi connectivity index (χ0n) is 9.45. The molecule has 2 fully saturated rings. The molecular weight excluding hydrogens is 190 g/mol. The maximum absolute atomic E-state index is 9.88. The highest BCUT2D eigenvalue weighted by molar-refractivity contribution is 4.76. The van der Waals surface area contributed by atoms with Gasteiger partial charge in [-0.2, -0.15) is 0 Å². The summed E-state index contributed by atoms with van der Waals surface area (Å²) in [5, 5.41) is 13.2. The highest BCUT2D eigenvalue weighted by atomic mass is 16.5. The average Bonchev–Trinajstić information content (AvgIpc) is 2.67. The number of nitrogens with one attached hydrogen (secondary N) is 1. The topological polar surface area (TPSA) is 41.5 Å². The van der Waals surface area contributed by atoms with Crippen molar-refractivity contribution < 1.29 is 9.84 Å². The normalized spacial score (nSPS) is 37.8. The summed E-state index contributed by atoms with van der Waals surface area (Å²) >= 11 is 0. The largest absolute Gasteiger partial charge is 0.390 e. The summed E-state index contributed by atoms with van der Waals surface area (Å²) in [4.78, 5) is 0. The molecule has 0 aromatic carbocycles. The van der Waals surface area contributed by atoms with E-state index in [-0.39, 0.29) is 12.2 Å². The van der Waals surface area contributed by atoms with Gasteiger partial charge in [0.1, 0.15) is 0 Å². The van der Waals surface area contributed by atoms with Crippen molar-refractivity contribution in [2.45, 2.75) is 50.7 Å². The molecule has 0 radical (unpaired) electrons. The van der Waals surface area contributed by atoms with Crippen LogP contribution in [-0.4, -0.2) is 37.0 Å². The lowest BCUT2D eigenvalue weighted by atomic mass is 10.1. The molecule has 1 heterocycles. The highest BCUT2D eigenvalue weighted by Gasteiger charge is 2.24. The van der Waals surface area contributed by atoms with Crippen LogP contribution in [0, 0.1) is 5.92 Å². The van der Waals surface area contributed by atoms with Gasteiger partial charge in [-0.05, 0) is 31.7 Å². The monoisotopic (exact) mass is 213 g/mol. The number of aliphatic hydroxyl groups excluding tert-OH is 1. The number of hydrogen-bond donors (Lipinski definition) is 2. The van der Waals surface area contributed by atoms with Crippen molar-refractivity contribution in [3.63, 3.8) is 0 Å². The zero-order chi connectivity index (χ0) is 10.5. The molecule has 1 aliphatic carbocycles. The van der Waals surface area contributed by atoms with Gasteiger partial charge < -0.3 is 15.2 Å². The minimum atomic E-state index is -0.220. The van der Waals surface area contributed by atoms with Crippen molar-refractivity contribution in [2.75, 3.05) is 19.7 Å². The van der Waals surface area contributed by atoms with Gasteiger partial charge in [-0.15, -0.1) is 0 Å². The van der Waals surface area contributed by atoms with Crippen LogP contribution >= 0.6 is 0 Å². The van der Waals surface area contributed by atoms with E-state index in [0.717, 1.165) is 39.0 Å². The lowest BCUT2D eigenvalue weighted by Crippen LogP contribution is -2.30. The van der Waals surface area contributed by atoms with E-state index in [0.29, 0.717) is 5.92 Å². The second kappa shape index (κ2) is 5.83. The SMILES string of the molecule is OC1CCCCCC1OCC1CCNC1. The smallest absolute Gasteiger partial charge is 0.0834 e. The summed E-state index contributed by atoms with van der Waals surface area (Å²) in [7, 11) is 0. The molecular formula is C12H23NO2. The molecule has 2 N–H and O–H groups in total. The quantitative estimate of drug-likeness (QED) is 0.694. The molecule has 1 saturated heterocycles. The Labute approximate surface area is 92.2 Å². The number of aliphatic hydroxyl groups is 1. The fourth-order valence-electron chi connectivity index (χ4n) is 2.56. The van der Waals surface area contributed by atoms with Crippen molar-refractivity contribution in [2.24, 2.45) is 5.92 Å². The minimum Gasteiger partial charge on any atom is -0.390 e. The van der Waals surface area contributed by atoms with Gasteiger partial charge >= 0.3 is 0 Å². The summed E-state index contributed by atoms with van der Waals surface area (Å²) in [5.41, 5.74) is 0. The van der Waals surface area contributed by atoms with E-state index in [4.69, 9.17) is 4.74 Å². The lowest BCUT2D eigenvalue weighted by Gasteiger charge is -2.22. The molecule has 0 bridgehead atoms. The van der Waals surface area contributed by atoms with E-state index >= 15 is 0 Å². The molecule has 0 amide bonds. The van der Waals surface area contributed by atoms with Crippen LogP contribution in [0.2, 0.25) is 0 Å². The molecule has 15 heavy (non-hydrogen) atoms. The Bertz CT molecular complexity index is 180.